The van der Waals surface area contributed by atoms with Gasteiger partial charge < -0.3 is 14.6 Å². The van der Waals surface area contributed by atoms with E-state index in [4.69, 9.17) is 26.2 Å². The summed E-state index contributed by atoms with van der Waals surface area (Å²) in [5.74, 6) is 0.145. The summed E-state index contributed by atoms with van der Waals surface area (Å²) in [4.78, 5) is 10.5. The van der Waals surface area contributed by atoms with E-state index in [0.29, 0.717) is 23.7 Å². The lowest BCUT2D eigenvalue weighted by molar-refractivity contribution is -0.131. The van der Waals surface area contributed by atoms with Crippen molar-refractivity contribution in [3.63, 3.8) is 0 Å². The first-order valence-electron chi connectivity index (χ1n) is 5.14. The molecule has 5 heteroatoms. The molecule has 0 aliphatic heterocycles. The van der Waals surface area contributed by atoms with Gasteiger partial charge in [0.1, 0.15) is 18.1 Å². The Hall–Kier alpha value is -1.94. The maximum atomic E-state index is 10.5. The Morgan fingerprint density at radius 1 is 1.50 bits per heavy atom. The number of hydrogen-bond acceptors (Lipinski definition) is 3. The van der Waals surface area contributed by atoms with Crippen LogP contribution in [-0.4, -0.2) is 24.8 Å². The van der Waals surface area contributed by atoms with Gasteiger partial charge in [0, 0.05) is 23.2 Å². The third-order valence-electron chi connectivity index (χ3n) is 2.05. The summed E-state index contributed by atoms with van der Waals surface area (Å²) < 4.78 is 10.5. The summed E-state index contributed by atoms with van der Waals surface area (Å²) >= 11 is 5.39. The molecule has 18 heavy (non-hydrogen) atoms. The van der Waals surface area contributed by atoms with Crippen LogP contribution in [0.4, 0.5) is 0 Å². The van der Waals surface area contributed by atoms with Gasteiger partial charge in [0.2, 0.25) is 0 Å². The maximum Gasteiger partial charge on any atom is 0.328 e. The van der Waals surface area contributed by atoms with Gasteiger partial charge in [-0.2, -0.15) is 0 Å². The topological polar surface area (TPSA) is 55.8 Å². The van der Waals surface area contributed by atoms with Crippen molar-refractivity contribution in [1.29, 1.82) is 0 Å². The predicted molar refractivity (Wildman–Crippen MR) is 70.2 cm³/mol. The van der Waals surface area contributed by atoms with Crippen molar-refractivity contribution >= 4 is 23.6 Å². The Morgan fingerprint density at radius 2 is 2.28 bits per heavy atom. The van der Waals surface area contributed by atoms with Crippen LogP contribution in [0, 0.1) is 0 Å². The van der Waals surface area contributed by atoms with Crippen LogP contribution in [0.1, 0.15) is 5.56 Å². The molecule has 0 aliphatic rings. The zero-order chi connectivity index (χ0) is 13.4. The quantitative estimate of drug-likeness (QED) is 0.806. The number of rotatable bonds is 6. The van der Waals surface area contributed by atoms with Gasteiger partial charge in [0.05, 0.1) is 7.11 Å². The fourth-order valence-corrected chi connectivity index (χ4v) is 1.31. The van der Waals surface area contributed by atoms with Gasteiger partial charge in [-0.3, -0.25) is 0 Å². The summed E-state index contributed by atoms with van der Waals surface area (Å²) in [7, 11) is 1.55. The molecule has 1 rings (SSSR count). The number of halogens is 1. The zero-order valence-electron chi connectivity index (χ0n) is 9.80. The van der Waals surface area contributed by atoms with Crippen molar-refractivity contribution in [2.24, 2.45) is 0 Å². The lowest BCUT2D eigenvalue weighted by Crippen LogP contribution is -1.96. The second-order valence-electron chi connectivity index (χ2n) is 3.25. The number of ether oxygens (including phenoxy) is 2. The van der Waals surface area contributed by atoms with Crippen molar-refractivity contribution in [3.8, 4) is 11.5 Å². The molecule has 0 aliphatic carbocycles. The molecular weight excluding hydrogens is 256 g/mol. The first kappa shape index (κ1) is 14.1. The highest BCUT2D eigenvalue weighted by molar-refractivity contribution is 6.25. The van der Waals surface area contributed by atoms with Crippen molar-refractivity contribution < 1.29 is 19.4 Å². The van der Waals surface area contributed by atoms with Crippen molar-refractivity contribution in [3.05, 3.63) is 41.4 Å². The monoisotopic (exact) mass is 268 g/mol. The van der Waals surface area contributed by atoms with E-state index in [0.717, 1.165) is 6.08 Å². The molecular formula is C13H13ClO4. The average Bonchev–Trinajstić information content (AvgIpc) is 2.37. The van der Waals surface area contributed by atoms with Crippen molar-refractivity contribution in [2.45, 2.75) is 0 Å². The highest BCUT2D eigenvalue weighted by atomic mass is 35.5. The number of benzene rings is 1. The second kappa shape index (κ2) is 7.40. The molecule has 0 fully saturated rings. The number of methoxy groups -OCH3 is 1. The fourth-order valence-electron chi connectivity index (χ4n) is 1.24. The smallest absolute Gasteiger partial charge is 0.328 e. The summed E-state index contributed by atoms with van der Waals surface area (Å²) in [6.45, 7) is 0.296. The van der Waals surface area contributed by atoms with E-state index in [2.05, 4.69) is 0 Å². The summed E-state index contributed by atoms with van der Waals surface area (Å²) in [5, 5.41) is 8.60. The standard InChI is InChI=1S/C13H13ClO4/c1-17-11-5-3-10(4-6-13(15)16)12(9-11)18-8-2-7-14/h2-7,9H,8H2,1H3,(H,15,16). The minimum Gasteiger partial charge on any atom is -0.497 e. The van der Waals surface area contributed by atoms with E-state index < -0.39 is 5.97 Å². The van der Waals surface area contributed by atoms with Gasteiger partial charge in [-0.15, -0.1) is 0 Å². The van der Waals surface area contributed by atoms with E-state index in [1.165, 1.54) is 11.6 Å². The SMILES string of the molecule is COc1ccc(C=CC(=O)O)c(OCC=CCl)c1. The molecule has 1 N–H and O–H groups in total. The van der Waals surface area contributed by atoms with Crippen LogP contribution in [0.15, 0.2) is 35.9 Å². The average molecular weight is 269 g/mol. The van der Waals surface area contributed by atoms with Crippen LogP contribution in [0.5, 0.6) is 11.5 Å². The van der Waals surface area contributed by atoms with E-state index in [-0.39, 0.29) is 0 Å². The van der Waals surface area contributed by atoms with Gasteiger partial charge >= 0.3 is 5.97 Å². The summed E-state index contributed by atoms with van der Waals surface area (Å²) in [6.07, 6.45) is 4.14. The molecule has 96 valence electrons. The third kappa shape index (κ3) is 4.51. The Morgan fingerprint density at radius 3 is 2.89 bits per heavy atom. The summed E-state index contributed by atoms with van der Waals surface area (Å²) in [6, 6.07) is 5.13. The van der Waals surface area contributed by atoms with Crippen LogP contribution in [-0.2, 0) is 4.79 Å². The Balaban J connectivity index is 2.96. The minimum atomic E-state index is -1.02. The van der Waals surface area contributed by atoms with Gasteiger partial charge in [-0.1, -0.05) is 11.6 Å². The second-order valence-corrected chi connectivity index (χ2v) is 3.50. The number of carboxylic acid groups (broad SMARTS) is 1. The van der Waals surface area contributed by atoms with E-state index in [1.54, 1.807) is 31.4 Å². The highest BCUT2D eigenvalue weighted by Crippen LogP contribution is 2.26. The highest BCUT2D eigenvalue weighted by Gasteiger charge is 2.03. The van der Waals surface area contributed by atoms with Gasteiger partial charge in [0.25, 0.3) is 0 Å². The van der Waals surface area contributed by atoms with Crippen LogP contribution in [0.3, 0.4) is 0 Å². The third-order valence-corrected chi connectivity index (χ3v) is 2.23. The van der Waals surface area contributed by atoms with E-state index >= 15 is 0 Å². The van der Waals surface area contributed by atoms with Crippen LogP contribution >= 0.6 is 11.6 Å². The molecule has 4 nitrogen and oxygen atoms in total. The molecule has 0 radical (unpaired) electrons. The molecule has 1 aromatic carbocycles. The molecule has 0 spiro atoms. The van der Waals surface area contributed by atoms with Gasteiger partial charge in [0.15, 0.2) is 0 Å². The maximum absolute atomic E-state index is 10.5. The largest absolute Gasteiger partial charge is 0.497 e. The molecule has 0 aromatic heterocycles. The van der Waals surface area contributed by atoms with E-state index in [9.17, 15) is 4.79 Å². The van der Waals surface area contributed by atoms with Crippen molar-refractivity contribution in [2.75, 3.05) is 13.7 Å². The normalized spacial score (nSPS) is 11.0. The predicted octanol–water partition coefficient (Wildman–Crippen LogP) is 2.92. The number of carbonyl (C=O) groups is 1. The summed E-state index contributed by atoms with van der Waals surface area (Å²) in [5.41, 5.74) is 2.01. The lowest BCUT2D eigenvalue weighted by Gasteiger charge is -2.09. The number of hydrogen-bond donors (Lipinski definition) is 1. The Bertz CT molecular complexity index is 466. The zero-order valence-corrected chi connectivity index (χ0v) is 10.6. The minimum absolute atomic E-state index is 0.296. The molecule has 0 unspecified atom stereocenters. The Kier molecular flexibility index (Phi) is 5.80. The molecule has 0 saturated heterocycles. The molecule has 0 amide bonds. The Labute approximate surface area is 110 Å². The fraction of sp³-hybridized carbons (Fsp3) is 0.154. The van der Waals surface area contributed by atoms with Gasteiger partial charge in [-0.25, -0.2) is 4.79 Å². The van der Waals surface area contributed by atoms with Gasteiger partial charge in [-0.05, 0) is 24.3 Å². The molecule has 0 saturated carbocycles. The molecule has 1 aromatic rings. The first-order valence-corrected chi connectivity index (χ1v) is 5.58. The lowest BCUT2D eigenvalue weighted by atomic mass is 10.1. The first-order chi connectivity index (χ1) is 8.67. The van der Waals surface area contributed by atoms with Crippen LogP contribution in [0.2, 0.25) is 0 Å². The number of carboxylic acids is 1. The van der Waals surface area contributed by atoms with E-state index in [1.807, 2.05) is 0 Å². The van der Waals surface area contributed by atoms with Crippen molar-refractivity contribution in [1.82, 2.24) is 0 Å². The number of aliphatic carboxylic acids is 1. The molecule has 0 heterocycles. The molecule has 0 atom stereocenters. The van der Waals surface area contributed by atoms with Crippen LogP contribution in [0.25, 0.3) is 6.08 Å². The van der Waals surface area contributed by atoms with Crippen LogP contribution < -0.4 is 9.47 Å². The molecule has 0 bridgehead atoms.